The second-order valence-corrected chi connectivity index (χ2v) is 5.66. The average molecular weight is 275 g/mol. The van der Waals surface area contributed by atoms with Gasteiger partial charge in [0.05, 0.1) is 7.11 Å². The van der Waals surface area contributed by atoms with Crippen LogP contribution in [0.5, 0.6) is 5.88 Å². The van der Waals surface area contributed by atoms with Crippen LogP contribution in [0.15, 0.2) is 6.33 Å². The first-order valence-corrected chi connectivity index (χ1v) is 7.23. The fourth-order valence-corrected chi connectivity index (χ4v) is 3.14. The minimum atomic E-state index is 0.379. The molecule has 108 valence electrons. The number of nitrogen functional groups attached to an aromatic ring is 1. The molecule has 1 fully saturated rings. The lowest BCUT2D eigenvalue weighted by atomic mass is 10.0. The van der Waals surface area contributed by atoms with E-state index in [4.69, 9.17) is 10.5 Å². The Morgan fingerprint density at radius 1 is 1.25 bits per heavy atom. The van der Waals surface area contributed by atoms with E-state index in [1.165, 1.54) is 25.6 Å². The number of fused-ring (bicyclic) bond motifs is 1. The summed E-state index contributed by atoms with van der Waals surface area (Å²) in [4.78, 5) is 12.9. The van der Waals surface area contributed by atoms with Gasteiger partial charge in [-0.3, -0.25) is 4.57 Å². The predicted molar refractivity (Wildman–Crippen MR) is 77.6 cm³/mol. The largest absolute Gasteiger partial charge is 0.479 e. The number of hydrogen-bond acceptors (Lipinski definition) is 5. The third-order valence-electron chi connectivity index (χ3n) is 4.26. The quantitative estimate of drug-likeness (QED) is 0.852. The number of nitrogens with zero attached hydrogens (tertiary/aromatic N) is 4. The van der Waals surface area contributed by atoms with Crippen LogP contribution in [0.3, 0.4) is 0 Å². The Morgan fingerprint density at radius 2 is 2.10 bits per heavy atom. The molecule has 1 aliphatic carbocycles. The van der Waals surface area contributed by atoms with Gasteiger partial charge in [-0.25, -0.2) is 9.97 Å². The maximum Gasteiger partial charge on any atom is 0.245 e. The molecule has 1 aliphatic rings. The molecule has 6 nitrogen and oxygen atoms in total. The summed E-state index contributed by atoms with van der Waals surface area (Å²) >= 11 is 0. The number of imidazole rings is 1. The van der Waals surface area contributed by atoms with Gasteiger partial charge < -0.3 is 10.5 Å². The van der Waals surface area contributed by atoms with Crippen LogP contribution in [0.1, 0.15) is 45.1 Å². The third kappa shape index (κ3) is 2.19. The molecule has 0 bridgehead atoms. The highest BCUT2D eigenvalue weighted by molar-refractivity contribution is 5.79. The number of rotatable bonds is 2. The second-order valence-electron chi connectivity index (χ2n) is 5.66. The molecule has 3 rings (SSSR count). The molecule has 2 heterocycles. The SMILES string of the molecule is COc1ncnc2c1nc(N)n2C1CCCC(C)CC1. The molecule has 2 unspecified atom stereocenters. The molecule has 0 saturated heterocycles. The van der Waals surface area contributed by atoms with Crippen molar-refractivity contribution in [2.75, 3.05) is 12.8 Å². The number of methoxy groups -OCH3 is 1. The van der Waals surface area contributed by atoms with Crippen molar-refractivity contribution in [2.24, 2.45) is 5.92 Å². The standard InChI is InChI=1S/C14H21N5O/c1-9-4-3-5-10(7-6-9)19-12-11(18-14(19)15)13(20-2)17-8-16-12/h8-10H,3-7H2,1-2H3,(H2,15,18). The van der Waals surface area contributed by atoms with Gasteiger partial charge in [-0.15, -0.1) is 0 Å². The minimum Gasteiger partial charge on any atom is -0.479 e. The zero-order valence-corrected chi connectivity index (χ0v) is 12.0. The number of hydrogen-bond donors (Lipinski definition) is 1. The Hall–Kier alpha value is -1.85. The molecule has 0 aliphatic heterocycles. The average Bonchev–Trinajstić information content (AvgIpc) is 2.63. The summed E-state index contributed by atoms with van der Waals surface area (Å²) in [5.74, 6) is 1.79. The van der Waals surface area contributed by atoms with E-state index in [-0.39, 0.29) is 0 Å². The van der Waals surface area contributed by atoms with Gasteiger partial charge in [-0.2, -0.15) is 4.98 Å². The van der Waals surface area contributed by atoms with Crippen molar-refractivity contribution in [3.8, 4) is 5.88 Å². The van der Waals surface area contributed by atoms with Gasteiger partial charge in [0.1, 0.15) is 6.33 Å². The van der Waals surface area contributed by atoms with Crippen LogP contribution in [-0.4, -0.2) is 26.6 Å². The number of anilines is 1. The molecule has 20 heavy (non-hydrogen) atoms. The number of aromatic nitrogens is 4. The molecule has 0 spiro atoms. The molecule has 2 aromatic rings. The van der Waals surface area contributed by atoms with Gasteiger partial charge in [-0.05, 0) is 25.2 Å². The van der Waals surface area contributed by atoms with E-state index in [0.29, 0.717) is 23.4 Å². The van der Waals surface area contributed by atoms with Crippen molar-refractivity contribution in [1.82, 2.24) is 19.5 Å². The minimum absolute atomic E-state index is 0.379. The highest BCUT2D eigenvalue weighted by Crippen LogP contribution is 2.34. The number of nitrogens with two attached hydrogens (primary N) is 1. The summed E-state index contributed by atoms with van der Waals surface area (Å²) in [6.07, 6.45) is 7.52. The Labute approximate surface area is 118 Å². The van der Waals surface area contributed by atoms with Crippen molar-refractivity contribution < 1.29 is 4.74 Å². The zero-order chi connectivity index (χ0) is 14.1. The Morgan fingerprint density at radius 3 is 2.90 bits per heavy atom. The summed E-state index contributed by atoms with van der Waals surface area (Å²) in [5.41, 5.74) is 7.57. The van der Waals surface area contributed by atoms with Crippen LogP contribution in [0.4, 0.5) is 5.95 Å². The first kappa shape index (κ1) is 13.1. The van der Waals surface area contributed by atoms with Crippen LogP contribution in [0.2, 0.25) is 0 Å². The predicted octanol–water partition coefficient (Wildman–Crippen LogP) is 2.56. The lowest BCUT2D eigenvalue weighted by Crippen LogP contribution is -2.12. The fraction of sp³-hybridized carbons (Fsp3) is 0.643. The van der Waals surface area contributed by atoms with E-state index in [1.54, 1.807) is 7.11 Å². The van der Waals surface area contributed by atoms with Crippen molar-refractivity contribution in [1.29, 1.82) is 0 Å². The molecule has 1 saturated carbocycles. The van der Waals surface area contributed by atoms with Crippen LogP contribution in [-0.2, 0) is 0 Å². The fourth-order valence-electron chi connectivity index (χ4n) is 3.14. The normalized spacial score (nSPS) is 23.7. The third-order valence-corrected chi connectivity index (χ3v) is 4.26. The Balaban J connectivity index is 2.04. The van der Waals surface area contributed by atoms with Crippen molar-refractivity contribution in [2.45, 2.75) is 45.1 Å². The van der Waals surface area contributed by atoms with E-state index in [2.05, 4.69) is 26.4 Å². The van der Waals surface area contributed by atoms with E-state index in [0.717, 1.165) is 24.4 Å². The Kier molecular flexibility index (Phi) is 3.46. The first-order chi connectivity index (χ1) is 9.70. The van der Waals surface area contributed by atoms with Crippen LogP contribution in [0, 0.1) is 5.92 Å². The van der Waals surface area contributed by atoms with Crippen LogP contribution < -0.4 is 10.5 Å². The smallest absolute Gasteiger partial charge is 0.245 e. The number of ether oxygens (including phenoxy) is 1. The zero-order valence-electron chi connectivity index (χ0n) is 12.0. The topological polar surface area (TPSA) is 78.8 Å². The molecular weight excluding hydrogens is 254 g/mol. The Bertz CT molecular complexity index is 609. The summed E-state index contributed by atoms with van der Waals surface area (Å²) in [5, 5.41) is 0. The maximum atomic E-state index is 6.12. The molecule has 2 aromatic heterocycles. The monoisotopic (exact) mass is 275 g/mol. The molecule has 6 heteroatoms. The molecule has 0 aromatic carbocycles. The van der Waals surface area contributed by atoms with Gasteiger partial charge in [-0.1, -0.05) is 19.8 Å². The lowest BCUT2D eigenvalue weighted by molar-refractivity contribution is 0.401. The van der Waals surface area contributed by atoms with Crippen molar-refractivity contribution >= 4 is 17.1 Å². The van der Waals surface area contributed by atoms with Crippen LogP contribution in [0.25, 0.3) is 11.2 Å². The first-order valence-electron chi connectivity index (χ1n) is 7.23. The summed E-state index contributed by atoms with van der Waals surface area (Å²) in [7, 11) is 1.59. The van der Waals surface area contributed by atoms with Gasteiger partial charge in [0, 0.05) is 6.04 Å². The summed E-state index contributed by atoms with van der Waals surface area (Å²) in [6, 6.07) is 0.379. The van der Waals surface area contributed by atoms with E-state index < -0.39 is 0 Å². The molecule has 0 amide bonds. The second kappa shape index (κ2) is 5.26. The highest BCUT2D eigenvalue weighted by atomic mass is 16.5. The molecule has 2 N–H and O–H groups in total. The van der Waals surface area contributed by atoms with Gasteiger partial charge in [0.15, 0.2) is 11.2 Å². The van der Waals surface area contributed by atoms with E-state index >= 15 is 0 Å². The van der Waals surface area contributed by atoms with Gasteiger partial charge >= 0.3 is 0 Å². The van der Waals surface area contributed by atoms with Gasteiger partial charge in [0.25, 0.3) is 0 Å². The van der Waals surface area contributed by atoms with Crippen LogP contribution >= 0.6 is 0 Å². The molecule has 2 atom stereocenters. The maximum absolute atomic E-state index is 6.12. The van der Waals surface area contributed by atoms with E-state index in [1.807, 2.05) is 0 Å². The van der Waals surface area contributed by atoms with Crippen molar-refractivity contribution in [3.05, 3.63) is 6.33 Å². The lowest BCUT2D eigenvalue weighted by Gasteiger charge is -2.17. The summed E-state index contributed by atoms with van der Waals surface area (Å²) in [6.45, 7) is 2.32. The summed E-state index contributed by atoms with van der Waals surface area (Å²) < 4.78 is 7.31. The molecular formula is C14H21N5O. The molecule has 0 radical (unpaired) electrons. The van der Waals surface area contributed by atoms with E-state index in [9.17, 15) is 0 Å². The van der Waals surface area contributed by atoms with Gasteiger partial charge in [0.2, 0.25) is 11.8 Å². The van der Waals surface area contributed by atoms with Crippen molar-refractivity contribution in [3.63, 3.8) is 0 Å². The highest BCUT2D eigenvalue weighted by Gasteiger charge is 2.23.